The van der Waals surface area contributed by atoms with Crippen molar-refractivity contribution in [3.8, 4) is 5.75 Å². The summed E-state index contributed by atoms with van der Waals surface area (Å²) in [5, 5.41) is 0. The van der Waals surface area contributed by atoms with Gasteiger partial charge in [0.1, 0.15) is 12.3 Å². The van der Waals surface area contributed by atoms with Gasteiger partial charge in [-0.25, -0.2) is 0 Å². The minimum atomic E-state index is -0.642. The molecule has 0 radical (unpaired) electrons. The Balaban J connectivity index is 2.34. The highest BCUT2D eigenvalue weighted by Crippen LogP contribution is 2.26. The van der Waals surface area contributed by atoms with Gasteiger partial charge in [-0.2, -0.15) is 0 Å². The number of imide groups is 1. The summed E-state index contributed by atoms with van der Waals surface area (Å²) < 4.78 is 9.43. The maximum Gasteiger partial charge on any atom is 0.325 e. The highest BCUT2D eigenvalue weighted by atomic mass is 16.5. The van der Waals surface area contributed by atoms with Crippen molar-refractivity contribution < 1.29 is 23.9 Å². The number of benzene rings is 1. The first-order valence-corrected chi connectivity index (χ1v) is 5.19. The molecule has 0 saturated carbocycles. The van der Waals surface area contributed by atoms with E-state index in [9.17, 15) is 14.4 Å². The molecule has 18 heavy (non-hydrogen) atoms. The topological polar surface area (TPSA) is 72.9 Å². The molecule has 0 spiro atoms. The zero-order valence-corrected chi connectivity index (χ0v) is 9.93. The first-order chi connectivity index (χ1) is 8.58. The predicted octanol–water partition coefficient (Wildman–Crippen LogP) is 0.464. The third-order valence-corrected chi connectivity index (χ3v) is 2.69. The van der Waals surface area contributed by atoms with Gasteiger partial charge in [-0.1, -0.05) is 0 Å². The number of methoxy groups -OCH3 is 2. The fraction of sp³-hybridized carbons (Fsp3) is 0.250. The number of hydrogen-bond donors (Lipinski definition) is 0. The van der Waals surface area contributed by atoms with Gasteiger partial charge < -0.3 is 9.47 Å². The van der Waals surface area contributed by atoms with E-state index in [0.717, 1.165) is 4.90 Å². The maximum absolute atomic E-state index is 12.0. The van der Waals surface area contributed by atoms with Gasteiger partial charge in [0.15, 0.2) is 0 Å². The Hall–Kier alpha value is -2.37. The van der Waals surface area contributed by atoms with Crippen LogP contribution in [0.3, 0.4) is 0 Å². The minimum Gasteiger partial charge on any atom is -0.497 e. The molecule has 2 amide bonds. The fourth-order valence-corrected chi connectivity index (χ4v) is 1.73. The van der Waals surface area contributed by atoms with Crippen molar-refractivity contribution in [2.24, 2.45) is 0 Å². The van der Waals surface area contributed by atoms with Crippen LogP contribution in [0.1, 0.15) is 20.7 Å². The Morgan fingerprint density at radius 2 is 1.83 bits per heavy atom. The molecule has 0 unspecified atom stereocenters. The molecule has 1 heterocycles. The monoisotopic (exact) mass is 249 g/mol. The lowest BCUT2D eigenvalue weighted by Crippen LogP contribution is -2.35. The lowest BCUT2D eigenvalue weighted by Gasteiger charge is -2.11. The molecule has 1 aromatic carbocycles. The van der Waals surface area contributed by atoms with Crippen molar-refractivity contribution >= 4 is 17.8 Å². The van der Waals surface area contributed by atoms with Crippen LogP contribution in [-0.2, 0) is 9.53 Å². The van der Waals surface area contributed by atoms with E-state index in [-0.39, 0.29) is 17.7 Å². The van der Waals surface area contributed by atoms with Gasteiger partial charge in [0.25, 0.3) is 11.8 Å². The standard InChI is InChI=1S/C12H11NO5/c1-17-7-3-4-8-9(5-7)12(16)13(11(8)15)6-10(14)18-2/h3-5H,6H2,1-2H3. The Morgan fingerprint density at radius 3 is 2.44 bits per heavy atom. The number of carbonyl (C=O) groups excluding carboxylic acids is 3. The highest BCUT2D eigenvalue weighted by molar-refractivity contribution is 6.22. The molecule has 0 fully saturated rings. The van der Waals surface area contributed by atoms with E-state index >= 15 is 0 Å². The SMILES string of the molecule is COC(=O)CN1C(=O)c2ccc(OC)cc2C1=O. The van der Waals surface area contributed by atoms with Gasteiger partial charge in [-0.05, 0) is 18.2 Å². The summed E-state index contributed by atoms with van der Waals surface area (Å²) in [6.07, 6.45) is 0. The Morgan fingerprint density at radius 1 is 1.17 bits per heavy atom. The van der Waals surface area contributed by atoms with Gasteiger partial charge in [0.2, 0.25) is 0 Å². The summed E-state index contributed by atoms with van der Waals surface area (Å²) in [5.41, 5.74) is 0.507. The summed E-state index contributed by atoms with van der Waals surface area (Å²) in [6, 6.07) is 4.57. The number of fused-ring (bicyclic) bond motifs is 1. The summed E-state index contributed by atoms with van der Waals surface area (Å²) >= 11 is 0. The molecule has 6 heteroatoms. The molecule has 1 aliphatic rings. The lowest BCUT2D eigenvalue weighted by atomic mass is 10.1. The number of rotatable bonds is 3. The molecule has 2 rings (SSSR count). The third-order valence-electron chi connectivity index (χ3n) is 2.69. The lowest BCUT2D eigenvalue weighted by molar-refractivity contribution is -0.140. The number of amides is 2. The summed E-state index contributed by atoms with van der Waals surface area (Å²) in [4.78, 5) is 35.9. The van der Waals surface area contributed by atoms with Gasteiger partial charge in [-0.3, -0.25) is 19.3 Å². The molecule has 0 aromatic heterocycles. The average Bonchev–Trinajstić information content (AvgIpc) is 2.63. The zero-order chi connectivity index (χ0) is 13.3. The van der Waals surface area contributed by atoms with Crippen LogP contribution >= 0.6 is 0 Å². The van der Waals surface area contributed by atoms with Gasteiger partial charge in [-0.15, -0.1) is 0 Å². The van der Waals surface area contributed by atoms with Crippen LogP contribution in [0.2, 0.25) is 0 Å². The quantitative estimate of drug-likeness (QED) is 0.575. The number of hydrogen-bond acceptors (Lipinski definition) is 5. The van der Waals surface area contributed by atoms with Crippen LogP contribution in [-0.4, -0.2) is 43.4 Å². The molecule has 1 aromatic rings. The Labute approximate surface area is 103 Å². The van der Waals surface area contributed by atoms with Crippen LogP contribution in [0, 0.1) is 0 Å². The molecule has 0 atom stereocenters. The van der Waals surface area contributed by atoms with Crippen LogP contribution in [0.25, 0.3) is 0 Å². The number of esters is 1. The van der Waals surface area contributed by atoms with Crippen molar-refractivity contribution in [3.05, 3.63) is 29.3 Å². The van der Waals surface area contributed by atoms with Crippen molar-refractivity contribution in [1.29, 1.82) is 0 Å². The number of nitrogens with zero attached hydrogens (tertiary/aromatic N) is 1. The first kappa shape index (κ1) is 12.1. The Kier molecular flexibility index (Phi) is 3.01. The van der Waals surface area contributed by atoms with E-state index in [2.05, 4.69) is 4.74 Å². The Bertz CT molecular complexity index is 537. The second kappa shape index (κ2) is 4.48. The molecule has 1 aliphatic heterocycles. The fourth-order valence-electron chi connectivity index (χ4n) is 1.73. The van der Waals surface area contributed by atoms with Crippen molar-refractivity contribution in [2.75, 3.05) is 20.8 Å². The molecule has 94 valence electrons. The van der Waals surface area contributed by atoms with Crippen molar-refractivity contribution in [3.63, 3.8) is 0 Å². The average molecular weight is 249 g/mol. The summed E-state index contributed by atoms with van der Waals surface area (Å²) in [7, 11) is 2.67. The summed E-state index contributed by atoms with van der Waals surface area (Å²) in [6.45, 7) is -0.384. The second-order valence-corrected chi connectivity index (χ2v) is 3.68. The van der Waals surface area contributed by atoms with E-state index < -0.39 is 17.8 Å². The van der Waals surface area contributed by atoms with E-state index in [0.29, 0.717) is 5.75 Å². The smallest absolute Gasteiger partial charge is 0.325 e. The highest BCUT2D eigenvalue weighted by Gasteiger charge is 2.37. The normalized spacial score (nSPS) is 13.6. The van der Waals surface area contributed by atoms with Crippen LogP contribution in [0.15, 0.2) is 18.2 Å². The molecule has 0 aliphatic carbocycles. The summed E-state index contributed by atoms with van der Waals surface area (Å²) in [5.74, 6) is -1.17. The minimum absolute atomic E-state index is 0.239. The van der Waals surface area contributed by atoms with Crippen molar-refractivity contribution in [2.45, 2.75) is 0 Å². The van der Waals surface area contributed by atoms with Crippen LogP contribution in [0.4, 0.5) is 0 Å². The third kappa shape index (κ3) is 1.81. The molecule has 0 N–H and O–H groups in total. The van der Waals surface area contributed by atoms with Gasteiger partial charge >= 0.3 is 5.97 Å². The van der Waals surface area contributed by atoms with E-state index in [4.69, 9.17) is 4.74 Å². The molecule has 0 saturated heterocycles. The van der Waals surface area contributed by atoms with E-state index in [1.54, 1.807) is 6.07 Å². The number of ether oxygens (including phenoxy) is 2. The van der Waals surface area contributed by atoms with E-state index in [1.807, 2.05) is 0 Å². The largest absolute Gasteiger partial charge is 0.497 e. The van der Waals surface area contributed by atoms with Crippen molar-refractivity contribution in [1.82, 2.24) is 4.90 Å². The first-order valence-electron chi connectivity index (χ1n) is 5.19. The number of carbonyl (C=O) groups is 3. The van der Waals surface area contributed by atoms with Gasteiger partial charge in [0.05, 0.1) is 25.3 Å². The molecular weight excluding hydrogens is 238 g/mol. The maximum atomic E-state index is 12.0. The zero-order valence-electron chi connectivity index (χ0n) is 9.93. The molecule has 0 bridgehead atoms. The second-order valence-electron chi connectivity index (χ2n) is 3.68. The predicted molar refractivity (Wildman–Crippen MR) is 60.4 cm³/mol. The molecule has 6 nitrogen and oxygen atoms in total. The molecular formula is C12H11NO5. The van der Waals surface area contributed by atoms with E-state index in [1.165, 1.54) is 26.4 Å². The van der Waals surface area contributed by atoms with Crippen LogP contribution in [0.5, 0.6) is 5.75 Å². The van der Waals surface area contributed by atoms with Gasteiger partial charge in [0, 0.05) is 0 Å². The van der Waals surface area contributed by atoms with Crippen LogP contribution < -0.4 is 4.74 Å².